The van der Waals surface area contributed by atoms with Gasteiger partial charge in [0.05, 0.1) is 16.8 Å². The number of ether oxygens (including phenoxy) is 1. The molecule has 2 rings (SSSR count). The fraction of sp³-hybridized carbons (Fsp3) is 0.222. The molecular weight excluding hydrogens is 328 g/mol. The predicted octanol–water partition coefficient (Wildman–Crippen LogP) is 3.38. The summed E-state index contributed by atoms with van der Waals surface area (Å²) in [4.78, 5) is 23.9. The zero-order valence-corrected chi connectivity index (χ0v) is 14.3. The van der Waals surface area contributed by atoms with Gasteiger partial charge in [-0.1, -0.05) is 41.9 Å². The molecule has 2 aromatic rings. The maximum absolute atomic E-state index is 12.0. The highest BCUT2D eigenvalue weighted by atomic mass is 35.5. The summed E-state index contributed by atoms with van der Waals surface area (Å²) in [5, 5.41) is 5.43. The molecule has 0 atom stereocenters. The maximum atomic E-state index is 12.0. The van der Waals surface area contributed by atoms with Crippen LogP contribution in [0.1, 0.15) is 19.4 Å². The molecule has 0 unspecified atom stereocenters. The molecule has 0 spiro atoms. The fourth-order valence-electron chi connectivity index (χ4n) is 2.02. The number of hydrogen-bond acceptors (Lipinski definition) is 3. The molecule has 0 aliphatic rings. The van der Waals surface area contributed by atoms with Crippen LogP contribution in [0.4, 0.5) is 5.69 Å². The van der Waals surface area contributed by atoms with Crippen LogP contribution in [0, 0.1) is 0 Å². The number of carbonyl (C=O) groups excluding carboxylic acids is 2. The van der Waals surface area contributed by atoms with E-state index >= 15 is 0 Å². The van der Waals surface area contributed by atoms with Crippen LogP contribution in [-0.2, 0) is 16.1 Å². The summed E-state index contributed by atoms with van der Waals surface area (Å²) >= 11 is 5.95. The third-order valence-electron chi connectivity index (χ3n) is 3.10. The number of carbonyl (C=O) groups is 2. The highest BCUT2D eigenvalue weighted by Gasteiger charge is 2.15. The second-order valence-corrected chi connectivity index (χ2v) is 5.80. The predicted molar refractivity (Wildman–Crippen MR) is 94.1 cm³/mol. The minimum Gasteiger partial charge on any atom is -0.491 e. The smallest absolute Gasteiger partial charge is 0.313 e. The van der Waals surface area contributed by atoms with Crippen LogP contribution < -0.4 is 15.4 Å². The standard InChI is InChI=1S/C18H19ClN2O3/c1-12(2)24-16-10-6-3-7-13(16)11-20-17(22)18(23)21-15-9-5-4-8-14(15)19/h3-10,12H,11H2,1-2H3,(H,20,22)(H,21,23). The van der Waals surface area contributed by atoms with Crippen molar-refractivity contribution >= 4 is 29.1 Å². The van der Waals surface area contributed by atoms with Crippen LogP contribution in [0.2, 0.25) is 5.02 Å². The second-order valence-electron chi connectivity index (χ2n) is 5.39. The van der Waals surface area contributed by atoms with Crippen molar-refractivity contribution in [2.45, 2.75) is 26.5 Å². The van der Waals surface area contributed by atoms with E-state index in [0.29, 0.717) is 16.5 Å². The summed E-state index contributed by atoms with van der Waals surface area (Å²) in [5.41, 5.74) is 1.19. The topological polar surface area (TPSA) is 67.4 Å². The Bertz CT molecular complexity index is 732. The Hall–Kier alpha value is -2.53. The van der Waals surface area contributed by atoms with Crippen molar-refractivity contribution < 1.29 is 14.3 Å². The van der Waals surface area contributed by atoms with Gasteiger partial charge >= 0.3 is 11.8 Å². The quantitative estimate of drug-likeness (QED) is 0.815. The lowest BCUT2D eigenvalue weighted by atomic mass is 10.2. The molecular formula is C18H19ClN2O3. The molecule has 2 amide bonds. The van der Waals surface area contributed by atoms with Crippen LogP contribution >= 0.6 is 11.6 Å². The first-order valence-corrected chi connectivity index (χ1v) is 7.93. The molecule has 2 N–H and O–H groups in total. The monoisotopic (exact) mass is 346 g/mol. The molecule has 0 aliphatic carbocycles. The Kier molecular flexibility index (Phi) is 6.21. The molecule has 24 heavy (non-hydrogen) atoms. The Morgan fingerprint density at radius 2 is 1.71 bits per heavy atom. The average molecular weight is 347 g/mol. The summed E-state index contributed by atoms with van der Waals surface area (Å²) in [6.45, 7) is 4.04. The molecule has 2 aromatic carbocycles. The normalized spacial score (nSPS) is 10.3. The number of rotatable bonds is 5. The van der Waals surface area contributed by atoms with Crippen molar-refractivity contribution in [1.82, 2.24) is 5.32 Å². The molecule has 0 fully saturated rings. The van der Waals surface area contributed by atoms with Crippen LogP contribution in [-0.4, -0.2) is 17.9 Å². The van der Waals surface area contributed by atoms with Gasteiger partial charge in [0.15, 0.2) is 0 Å². The van der Waals surface area contributed by atoms with Gasteiger partial charge in [-0.3, -0.25) is 9.59 Å². The Labute approximate surface area is 146 Å². The summed E-state index contributed by atoms with van der Waals surface area (Å²) in [6.07, 6.45) is 0.0189. The zero-order chi connectivity index (χ0) is 17.5. The number of hydrogen-bond donors (Lipinski definition) is 2. The molecule has 5 nitrogen and oxygen atoms in total. The van der Waals surface area contributed by atoms with Gasteiger partial charge in [0, 0.05) is 12.1 Å². The first kappa shape index (κ1) is 17.8. The first-order chi connectivity index (χ1) is 11.5. The Balaban J connectivity index is 1.96. The van der Waals surface area contributed by atoms with Crippen molar-refractivity contribution in [2.75, 3.05) is 5.32 Å². The van der Waals surface area contributed by atoms with Crippen molar-refractivity contribution in [3.05, 3.63) is 59.1 Å². The van der Waals surface area contributed by atoms with E-state index in [2.05, 4.69) is 10.6 Å². The third-order valence-corrected chi connectivity index (χ3v) is 3.43. The van der Waals surface area contributed by atoms with Gasteiger partial charge in [-0.05, 0) is 32.0 Å². The fourth-order valence-corrected chi connectivity index (χ4v) is 2.20. The van der Waals surface area contributed by atoms with Crippen LogP contribution in [0.3, 0.4) is 0 Å². The number of benzene rings is 2. The summed E-state index contributed by atoms with van der Waals surface area (Å²) in [5.74, 6) is -0.834. The van der Waals surface area contributed by atoms with Crippen molar-refractivity contribution in [3.63, 3.8) is 0 Å². The van der Waals surface area contributed by atoms with Gasteiger partial charge < -0.3 is 15.4 Å². The van der Waals surface area contributed by atoms with Crippen molar-refractivity contribution in [3.8, 4) is 5.75 Å². The van der Waals surface area contributed by atoms with Gasteiger partial charge in [-0.15, -0.1) is 0 Å². The summed E-state index contributed by atoms with van der Waals surface area (Å²) in [6, 6.07) is 14.1. The molecule has 0 saturated heterocycles. The molecule has 0 radical (unpaired) electrons. The lowest BCUT2D eigenvalue weighted by molar-refractivity contribution is -0.136. The van der Waals surface area contributed by atoms with E-state index in [0.717, 1.165) is 5.56 Å². The minimum atomic E-state index is -0.773. The van der Waals surface area contributed by atoms with Crippen LogP contribution in [0.15, 0.2) is 48.5 Å². The number of para-hydroxylation sites is 2. The molecule has 0 aliphatic heterocycles. The SMILES string of the molecule is CC(C)Oc1ccccc1CNC(=O)C(=O)Nc1ccccc1Cl. The molecule has 0 saturated carbocycles. The molecule has 0 bridgehead atoms. The average Bonchev–Trinajstić information content (AvgIpc) is 2.55. The largest absolute Gasteiger partial charge is 0.491 e. The summed E-state index contributed by atoms with van der Waals surface area (Å²) < 4.78 is 5.68. The lowest BCUT2D eigenvalue weighted by Crippen LogP contribution is -2.35. The highest BCUT2D eigenvalue weighted by molar-refractivity contribution is 6.41. The number of halogens is 1. The van der Waals surface area contributed by atoms with E-state index in [1.807, 2.05) is 38.1 Å². The minimum absolute atomic E-state index is 0.0189. The summed E-state index contributed by atoms with van der Waals surface area (Å²) in [7, 11) is 0. The third kappa shape index (κ3) is 4.99. The number of amides is 2. The second kappa shape index (κ2) is 8.36. The van der Waals surface area contributed by atoms with E-state index in [1.54, 1.807) is 24.3 Å². The molecule has 0 aromatic heterocycles. The molecule has 6 heteroatoms. The first-order valence-electron chi connectivity index (χ1n) is 7.55. The Morgan fingerprint density at radius 3 is 2.42 bits per heavy atom. The number of nitrogens with one attached hydrogen (secondary N) is 2. The van der Waals surface area contributed by atoms with E-state index < -0.39 is 11.8 Å². The maximum Gasteiger partial charge on any atom is 0.313 e. The van der Waals surface area contributed by atoms with Crippen molar-refractivity contribution in [1.29, 1.82) is 0 Å². The Morgan fingerprint density at radius 1 is 1.04 bits per heavy atom. The van der Waals surface area contributed by atoms with E-state index in [-0.39, 0.29) is 12.6 Å². The lowest BCUT2D eigenvalue weighted by Gasteiger charge is -2.14. The van der Waals surface area contributed by atoms with Crippen molar-refractivity contribution in [2.24, 2.45) is 0 Å². The number of anilines is 1. The van der Waals surface area contributed by atoms with Crippen LogP contribution in [0.25, 0.3) is 0 Å². The van der Waals surface area contributed by atoms with E-state index in [9.17, 15) is 9.59 Å². The van der Waals surface area contributed by atoms with Gasteiger partial charge in [0.1, 0.15) is 5.75 Å². The van der Waals surface area contributed by atoms with Gasteiger partial charge in [-0.2, -0.15) is 0 Å². The van der Waals surface area contributed by atoms with Gasteiger partial charge in [-0.25, -0.2) is 0 Å². The van der Waals surface area contributed by atoms with Gasteiger partial charge in [0.2, 0.25) is 0 Å². The zero-order valence-electron chi connectivity index (χ0n) is 13.5. The molecule has 0 heterocycles. The highest BCUT2D eigenvalue weighted by Crippen LogP contribution is 2.21. The molecule has 126 valence electrons. The van der Waals surface area contributed by atoms with Gasteiger partial charge in [0.25, 0.3) is 0 Å². The van der Waals surface area contributed by atoms with Crippen LogP contribution in [0.5, 0.6) is 5.75 Å². The van der Waals surface area contributed by atoms with E-state index in [1.165, 1.54) is 0 Å². The van der Waals surface area contributed by atoms with E-state index in [4.69, 9.17) is 16.3 Å².